The minimum atomic E-state index is -0.00428. The molecule has 0 saturated carbocycles. The number of ether oxygens (including phenoxy) is 2. The van der Waals surface area contributed by atoms with Gasteiger partial charge in [0.15, 0.2) is 6.61 Å². The highest BCUT2D eigenvalue weighted by Gasteiger charge is 2.22. The predicted octanol–water partition coefficient (Wildman–Crippen LogP) is 2.94. The zero-order chi connectivity index (χ0) is 21.6. The fourth-order valence-electron chi connectivity index (χ4n) is 4.10. The maximum Gasteiger partial charge on any atom is 0.260 e. The van der Waals surface area contributed by atoms with E-state index in [0.717, 1.165) is 56.1 Å². The summed E-state index contributed by atoms with van der Waals surface area (Å²) in [6.07, 6.45) is 2.42. The van der Waals surface area contributed by atoms with E-state index in [4.69, 9.17) is 9.47 Å². The maximum atomic E-state index is 12.7. The normalized spacial score (nSPS) is 16.9. The van der Waals surface area contributed by atoms with E-state index >= 15 is 0 Å². The third-order valence-electron chi connectivity index (χ3n) is 5.87. The zero-order valence-corrected chi connectivity index (χ0v) is 18.0. The van der Waals surface area contributed by atoms with Crippen molar-refractivity contribution in [2.75, 3.05) is 56.2 Å². The third-order valence-corrected chi connectivity index (χ3v) is 5.87. The van der Waals surface area contributed by atoms with Crippen molar-refractivity contribution in [3.05, 3.63) is 48.5 Å². The van der Waals surface area contributed by atoms with Crippen LogP contribution >= 0.6 is 0 Å². The van der Waals surface area contributed by atoms with Crippen molar-refractivity contribution < 1.29 is 19.1 Å². The van der Waals surface area contributed by atoms with E-state index in [1.54, 1.807) is 12.0 Å². The molecule has 4 rings (SSSR count). The Hall–Kier alpha value is -3.22. The van der Waals surface area contributed by atoms with Gasteiger partial charge in [-0.3, -0.25) is 9.59 Å². The number of amides is 2. The second-order valence-electron chi connectivity index (χ2n) is 7.85. The molecule has 0 aliphatic carbocycles. The molecule has 2 aromatic carbocycles. The number of carbonyl (C=O) groups is 2. The quantitative estimate of drug-likeness (QED) is 0.715. The molecular weight excluding hydrogens is 394 g/mol. The summed E-state index contributed by atoms with van der Waals surface area (Å²) in [5.74, 6) is 1.63. The minimum Gasteiger partial charge on any atom is -0.497 e. The average Bonchev–Trinajstić information content (AvgIpc) is 3.08. The number of rotatable bonds is 6. The summed E-state index contributed by atoms with van der Waals surface area (Å²) in [5, 5.41) is 0. The number of methoxy groups -OCH3 is 1. The van der Waals surface area contributed by atoms with Crippen molar-refractivity contribution in [2.24, 2.45) is 0 Å². The standard InChI is InChI=1S/C24H29N3O4/c1-30-21-9-5-19(6-10-21)25-13-3-14-26(17-16-25)24(29)18-31-22-11-7-20(8-12-22)27-15-2-4-23(27)28/h5-12H,2-4,13-18H2,1H3. The lowest BCUT2D eigenvalue weighted by Gasteiger charge is -2.24. The van der Waals surface area contributed by atoms with Crippen LogP contribution in [0.3, 0.4) is 0 Å². The van der Waals surface area contributed by atoms with Gasteiger partial charge in [-0.2, -0.15) is 0 Å². The van der Waals surface area contributed by atoms with Crippen molar-refractivity contribution >= 4 is 23.2 Å². The van der Waals surface area contributed by atoms with Gasteiger partial charge in [-0.05, 0) is 61.4 Å². The van der Waals surface area contributed by atoms with E-state index in [2.05, 4.69) is 17.0 Å². The van der Waals surface area contributed by atoms with Gasteiger partial charge in [0.05, 0.1) is 7.11 Å². The fraction of sp³-hybridized carbons (Fsp3) is 0.417. The van der Waals surface area contributed by atoms with Gasteiger partial charge in [0.25, 0.3) is 5.91 Å². The van der Waals surface area contributed by atoms with E-state index in [9.17, 15) is 9.59 Å². The second-order valence-corrected chi connectivity index (χ2v) is 7.85. The molecule has 0 aromatic heterocycles. The summed E-state index contributed by atoms with van der Waals surface area (Å²) in [4.78, 5) is 30.5. The predicted molar refractivity (Wildman–Crippen MR) is 120 cm³/mol. The van der Waals surface area contributed by atoms with Crippen LogP contribution in [0.1, 0.15) is 19.3 Å². The molecular formula is C24H29N3O4. The number of benzene rings is 2. The molecule has 0 radical (unpaired) electrons. The fourth-order valence-corrected chi connectivity index (χ4v) is 4.10. The Kier molecular flexibility index (Phi) is 6.60. The molecule has 2 amide bonds. The van der Waals surface area contributed by atoms with Crippen LogP contribution in [0.25, 0.3) is 0 Å². The molecule has 2 heterocycles. The molecule has 0 atom stereocenters. The summed E-state index contributed by atoms with van der Waals surface area (Å²) in [7, 11) is 1.66. The molecule has 31 heavy (non-hydrogen) atoms. The van der Waals surface area contributed by atoms with Gasteiger partial charge in [0.2, 0.25) is 5.91 Å². The topological polar surface area (TPSA) is 62.3 Å². The van der Waals surface area contributed by atoms with Crippen LogP contribution < -0.4 is 19.3 Å². The van der Waals surface area contributed by atoms with E-state index in [1.165, 1.54) is 0 Å². The molecule has 2 fully saturated rings. The number of nitrogens with zero attached hydrogens (tertiary/aromatic N) is 3. The SMILES string of the molecule is COc1ccc(N2CCCN(C(=O)COc3ccc(N4CCCC4=O)cc3)CC2)cc1. The monoisotopic (exact) mass is 423 g/mol. The Morgan fingerprint density at radius 2 is 1.55 bits per heavy atom. The molecule has 2 saturated heterocycles. The number of hydrogen-bond donors (Lipinski definition) is 0. The lowest BCUT2D eigenvalue weighted by Crippen LogP contribution is -2.38. The van der Waals surface area contributed by atoms with Gasteiger partial charge < -0.3 is 24.2 Å². The molecule has 0 spiro atoms. The highest BCUT2D eigenvalue weighted by atomic mass is 16.5. The largest absolute Gasteiger partial charge is 0.497 e. The molecule has 2 aliphatic rings. The first-order chi connectivity index (χ1) is 15.1. The van der Waals surface area contributed by atoms with Crippen molar-refractivity contribution in [1.29, 1.82) is 0 Å². The van der Waals surface area contributed by atoms with Crippen LogP contribution in [0.5, 0.6) is 11.5 Å². The molecule has 164 valence electrons. The first-order valence-electron chi connectivity index (χ1n) is 10.8. The maximum absolute atomic E-state index is 12.7. The van der Waals surface area contributed by atoms with Gasteiger partial charge in [0, 0.05) is 50.5 Å². The molecule has 7 heteroatoms. The van der Waals surface area contributed by atoms with Crippen molar-refractivity contribution in [2.45, 2.75) is 19.3 Å². The third kappa shape index (κ3) is 5.10. The van der Waals surface area contributed by atoms with E-state index in [-0.39, 0.29) is 18.4 Å². The molecule has 7 nitrogen and oxygen atoms in total. The number of anilines is 2. The smallest absolute Gasteiger partial charge is 0.260 e. The van der Waals surface area contributed by atoms with Gasteiger partial charge in [0.1, 0.15) is 11.5 Å². The van der Waals surface area contributed by atoms with Crippen molar-refractivity contribution in [3.63, 3.8) is 0 Å². The Balaban J connectivity index is 1.27. The lowest BCUT2D eigenvalue weighted by atomic mass is 10.2. The summed E-state index contributed by atoms with van der Waals surface area (Å²) in [6.45, 7) is 3.88. The van der Waals surface area contributed by atoms with Crippen LogP contribution in [0.4, 0.5) is 11.4 Å². The second kappa shape index (κ2) is 9.73. The lowest BCUT2D eigenvalue weighted by molar-refractivity contribution is -0.133. The first kappa shape index (κ1) is 21.0. The van der Waals surface area contributed by atoms with Gasteiger partial charge >= 0.3 is 0 Å². The van der Waals surface area contributed by atoms with Gasteiger partial charge in [-0.1, -0.05) is 0 Å². The highest BCUT2D eigenvalue weighted by molar-refractivity contribution is 5.95. The summed E-state index contributed by atoms with van der Waals surface area (Å²) < 4.78 is 10.9. The van der Waals surface area contributed by atoms with Crippen LogP contribution in [0, 0.1) is 0 Å². The summed E-state index contributed by atoms with van der Waals surface area (Å²) >= 11 is 0. The van der Waals surface area contributed by atoms with Gasteiger partial charge in [-0.25, -0.2) is 0 Å². The molecule has 0 unspecified atom stereocenters. The molecule has 0 N–H and O–H groups in total. The van der Waals surface area contributed by atoms with E-state index in [1.807, 2.05) is 41.3 Å². The van der Waals surface area contributed by atoms with Crippen molar-refractivity contribution in [1.82, 2.24) is 4.90 Å². The van der Waals surface area contributed by atoms with Crippen LogP contribution in [0.15, 0.2) is 48.5 Å². The highest BCUT2D eigenvalue weighted by Crippen LogP contribution is 2.24. The number of hydrogen-bond acceptors (Lipinski definition) is 5. The van der Waals surface area contributed by atoms with Crippen LogP contribution in [-0.4, -0.2) is 63.2 Å². The zero-order valence-electron chi connectivity index (χ0n) is 18.0. The Morgan fingerprint density at radius 3 is 2.23 bits per heavy atom. The first-order valence-corrected chi connectivity index (χ1v) is 10.8. The number of carbonyl (C=O) groups excluding carboxylic acids is 2. The van der Waals surface area contributed by atoms with E-state index < -0.39 is 0 Å². The molecule has 2 aromatic rings. The van der Waals surface area contributed by atoms with Gasteiger partial charge in [-0.15, -0.1) is 0 Å². The van der Waals surface area contributed by atoms with E-state index in [0.29, 0.717) is 18.7 Å². The summed E-state index contributed by atoms with van der Waals surface area (Å²) in [5.41, 5.74) is 2.02. The molecule has 2 aliphatic heterocycles. The Morgan fingerprint density at radius 1 is 0.839 bits per heavy atom. The Labute approximate surface area is 183 Å². The Bertz CT molecular complexity index is 898. The summed E-state index contributed by atoms with van der Waals surface area (Å²) in [6, 6.07) is 15.4. The minimum absolute atomic E-state index is 0.00428. The molecule has 0 bridgehead atoms. The van der Waals surface area contributed by atoms with Crippen LogP contribution in [0.2, 0.25) is 0 Å². The average molecular weight is 424 g/mol. The van der Waals surface area contributed by atoms with Crippen molar-refractivity contribution in [3.8, 4) is 11.5 Å². The van der Waals surface area contributed by atoms with Crippen LogP contribution in [-0.2, 0) is 9.59 Å².